The molecular formula is C11H11ClN2O2. The van der Waals surface area contributed by atoms with Crippen LogP contribution in [0.2, 0.25) is 5.02 Å². The normalized spacial score (nSPS) is 10.7. The molecule has 0 N–H and O–H groups in total. The number of aromatic nitrogens is 2. The second-order valence-electron chi connectivity index (χ2n) is 3.40. The summed E-state index contributed by atoms with van der Waals surface area (Å²) >= 11 is 5.87. The van der Waals surface area contributed by atoms with E-state index < -0.39 is 0 Å². The molecule has 0 amide bonds. The number of aryl methyl sites for hydroxylation is 1. The minimum absolute atomic E-state index is 0.0169. The molecule has 2 heterocycles. The predicted octanol–water partition coefficient (Wildman–Crippen LogP) is 2.06. The summed E-state index contributed by atoms with van der Waals surface area (Å²) in [5.74, 6) is 0.194. The minimum atomic E-state index is -0.310. The van der Waals surface area contributed by atoms with Gasteiger partial charge in [0.05, 0.1) is 6.61 Å². The van der Waals surface area contributed by atoms with Crippen molar-refractivity contribution in [2.45, 2.75) is 13.8 Å². The van der Waals surface area contributed by atoms with E-state index in [4.69, 9.17) is 16.3 Å². The Morgan fingerprint density at radius 1 is 1.56 bits per heavy atom. The zero-order chi connectivity index (χ0) is 11.7. The summed E-state index contributed by atoms with van der Waals surface area (Å²) in [5.41, 5.74) is 1.25. The standard InChI is InChI=1S/C11H11ClN2O2/c1-3-16-10-9(12)11(15)14-5-4-7(2)6-8(14)13-10/h4-6H,3H2,1-2H3. The van der Waals surface area contributed by atoms with Crippen LogP contribution in [0.4, 0.5) is 0 Å². The van der Waals surface area contributed by atoms with E-state index in [0.29, 0.717) is 12.3 Å². The molecule has 4 nitrogen and oxygen atoms in total. The van der Waals surface area contributed by atoms with Crippen molar-refractivity contribution in [3.63, 3.8) is 0 Å². The van der Waals surface area contributed by atoms with Gasteiger partial charge in [-0.1, -0.05) is 11.6 Å². The van der Waals surface area contributed by atoms with Gasteiger partial charge < -0.3 is 4.74 Å². The van der Waals surface area contributed by atoms with Crippen molar-refractivity contribution in [2.24, 2.45) is 0 Å². The van der Waals surface area contributed by atoms with Gasteiger partial charge in [0, 0.05) is 6.20 Å². The van der Waals surface area contributed by atoms with Crippen LogP contribution < -0.4 is 10.3 Å². The van der Waals surface area contributed by atoms with Gasteiger partial charge in [0.1, 0.15) is 5.65 Å². The molecule has 0 atom stereocenters. The molecule has 2 aromatic rings. The van der Waals surface area contributed by atoms with E-state index >= 15 is 0 Å². The maximum Gasteiger partial charge on any atom is 0.280 e. The van der Waals surface area contributed by atoms with E-state index in [1.165, 1.54) is 4.40 Å². The minimum Gasteiger partial charge on any atom is -0.477 e. The first-order valence-electron chi connectivity index (χ1n) is 4.94. The predicted molar refractivity (Wildman–Crippen MR) is 62.4 cm³/mol. The zero-order valence-corrected chi connectivity index (χ0v) is 9.78. The van der Waals surface area contributed by atoms with Crippen molar-refractivity contribution in [3.05, 3.63) is 39.3 Å². The highest BCUT2D eigenvalue weighted by molar-refractivity contribution is 6.31. The summed E-state index contributed by atoms with van der Waals surface area (Å²) in [6.07, 6.45) is 1.65. The Hall–Kier alpha value is -1.55. The Labute approximate surface area is 97.5 Å². The van der Waals surface area contributed by atoms with Gasteiger partial charge in [0.25, 0.3) is 5.56 Å². The highest BCUT2D eigenvalue weighted by Gasteiger charge is 2.11. The Kier molecular flexibility index (Phi) is 2.83. The second kappa shape index (κ2) is 4.14. The van der Waals surface area contributed by atoms with Crippen molar-refractivity contribution in [2.75, 3.05) is 6.61 Å². The largest absolute Gasteiger partial charge is 0.477 e. The van der Waals surface area contributed by atoms with Crippen molar-refractivity contribution in [1.82, 2.24) is 9.38 Å². The number of nitrogens with zero attached hydrogens (tertiary/aromatic N) is 2. The Bertz CT molecular complexity index is 592. The first-order valence-corrected chi connectivity index (χ1v) is 5.32. The van der Waals surface area contributed by atoms with Gasteiger partial charge in [-0.05, 0) is 31.5 Å². The average Bonchev–Trinajstić information content (AvgIpc) is 2.25. The Balaban J connectivity index is 2.78. The van der Waals surface area contributed by atoms with Crippen molar-refractivity contribution < 1.29 is 4.74 Å². The topological polar surface area (TPSA) is 43.6 Å². The van der Waals surface area contributed by atoms with Crippen LogP contribution in [-0.2, 0) is 0 Å². The number of pyridine rings is 1. The quantitative estimate of drug-likeness (QED) is 0.804. The maximum absolute atomic E-state index is 11.8. The van der Waals surface area contributed by atoms with Crippen LogP contribution in [0.5, 0.6) is 5.88 Å². The highest BCUT2D eigenvalue weighted by Crippen LogP contribution is 2.18. The number of halogens is 1. The fourth-order valence-corrected chi connectivity index (χ4v) is 1.62. The molecule has 0 unspecified atom stereocenters. The summed E-state index contributed by atoms with van der Waals surface area (Å²) in [6.45, 7) is 4.17. The lowest BCUT2D eigenvalue weighted by Gasteiger charge is -2.07. The van der Waals surface area contributed by atoms with Gasteiger partial charge in [-0.3, -0.25) is 9.20 Å². The van der Waals surface area contributed by atoms with Crippen LogP contribution in [0.15, 0.2) is 23.1 Å². The third-order valence-electron chi connectivity index (χ3n) is 2.18. The van der Waals surface area contributed by atoms with E-state index in [0.717, 1.165) is 5.56 Å². The average molecular weight is 239 g/mol. The molecule has 0 radical (unpaired) electrons. The summed E-state index contributed by atoms with van der Waals surface area (Å²) in [5, 5.41) is 0.0169. The van der Waals surface area contributed by atoms with Crippen LogP contribution in [-0.4, -0.2) is 16.0 Å². The van der Waals surface area contributed by atoms with Gasteiger partial charge in [-0.2, -0.15) is 4.98 Å². The van der Waals surface area contributed by atoms with E-state index in [2.05, 4.69) is 4.98 Å². The van der Waals surface area contributed by atoms with E-state index in [-0.39, 0.29) is 16.5 Å². The molecule has 16 heavy (non-hydrogen) atoms. The van der Waals surface area contributed by atoms with Gasteiger partial charge in [0.15, 0.2) is 5.02 Å². The molecule has 0 aliphatic carbocycles. The zero-order valence-electron chi connectivity index (χ0n) is 9.03. The molecule has 0 aliphatic rings. The van der Waals surface area contributed by atoms with E-state index in [9.17, 15) is 4.79 Å². The fraction of sp³-hybridized carbons (Fsp3) is 0.273. The smallest absolute Gasteiger partial charge is 0.280 e. The fourth-order valence-electron chi connectivity index (χ4n) is 1.43. The van der Waals surface area contributed by atoms with Crippen LogP contribution in [0.25, 0.3) is 5.65 Å². The first kappa shape index (κ1) is 11.0. The highest BCUT2D eigenvalue weighted by atomic mass is 35.5. The van der Waals surface area contributed by atoms with Gasteiger partial charge in [-0.25, -0.2) is 0 Å². The molecule has 0 aliphatic heterocycles. The monoisotopic (exact) mass is 238 g/mol. The summed E-state index contributed by atoms with van der Waals surface area (Å²) in [4.78, 5) is 16.0. The maximum atomic E-state index is 11.8. The van der Waals surface area contributed by atoms with Crippen molar-refractivity contribution in [1.29, 1.82) is 0 Å². The van der Waals surface area contributed by atoms with Crippen LogP contribution in [0.3, 0.4) is 0 Å². The van der Waals surface area contributed by atoms with Crippen molar-refractivity contribution in [3.8, 4) is 5.88 Å². The third kappa shape index (κ3) is 1.76. The third-order valence-corrected chi connectivity index (χ3v) is 2.50. The van der Waals surface area contributed by atoms with Crippen LogP contribution >= 0.6 is 11.6 Å². The lowest BCUT2D eigenvalue weighted by Crippen LogP contribution is -2.17. The molecule has 2 rings (SSSR count). The van der Waals surface area contributed by atoms with E-state index in [1.54, 1.807) is 12.3 Å². The Morgan fingerprint density at radius 2 is 2.31 bits per heavy atom. The molecule has 84 valence electrons. The SMILES string of the molecule is CCOc1nc2cc(C)ccn2c(=O)c1Cl. The van der Waals surface area contributed by atoms with Crippen molar-refractivity contribution >= 4 is 17.2 Å². The molecule has 0 fully saturated rings. The van der Waals surface area contributed by atoms with Crippen LogP contribution in [0.1, 0.15) is 12.5 Å². The Morgan fingerprint density at radius 3 is 3.00 bits per heavy atom. The number of hydrogen-bond donors (Lipinski definition) is 0. The second-order valence-corrected chi connectivity index (χ2v) is 3.78. The lowest BCUT2D eigenvalue weighted by molar-refractivity contribution is 0.327. The molecular weight excluding hydrogens is 228 g/mol. The molecule has 2 aromatic heterocycles. The summed E-state index contributed by atoms with van der Waals surface area (Å²) in [7, 11) is 0. The van der Waals surface area contributed by atoms with E-state index in [1.807, 2.05) is 19.9 Å². The molecule has 0 saturated heterocycles. The number of rotatable bonds is 2. The first-order chi connectivity index (χ1) is 7.63. The molecule has 0 saturated carbocycles. The molecule has 0 bridgehead atoms. The lowest BCUT2D eigenvalue weighted by atomic mass is 10.3. The molecule has 0 aromatic carbocycles. The summed E-state index contributed by atoms with van der Waals surface area (Å²) < 4.78 is 6.61. The summed E-state index contributed by atoms with van der Waals surface area (Å²) in [6, 6.07) is 3.63. The number of fused-ring (bicyclic) bond motifs is 1. The van der Waals surface area contributed by atoms with Gasteiger partial charge in [0.2, 0.25) is 5.88 Å². The van der Waals surface area contributed by atoms with Crippen LogP contribution in [0, 0.1) is 6.92 Å². The molecule has 0 spiro atoms. The number of hydrogen-bond acceptors (Lipinski definition) is 3. The van der Waals surface area contributed by atoms with Gasteiger partial charge >= 0.3 is 0 Å². The number of ether oxygens (including phenoxy) is 1. The van der Waals surface area contributed by atoms with Gasteiger partial charge in [-0.15, -0.1) is 0 Å². The molecule has 5 heteroatoms.